The van der Waals surface area contributed by atoms with E-state index in [1.54, 1.807) is 0 Å². The van der Waals surface area contributed by atoms with E-state index in [4.69, 9.17) is 21.6 Å². The number of nitrogens with zero attached hydrogens (tertiary/aromatic N) is 4. The molecule has 3 aliphatic rings. The predicted octanol–water partition coefficient (Wildman–Crippen LogP) is 4.96. The summed E-state index contributed by atoms with van der Waals surface area (Å²) in [5.74, 6) is 2.84. The Kier molecular flexibility index (Phi) is 4.81. The van der Waals surface area contributed by atoms with Crippen molar-refractivity contribution >= 4 is 17.4 Å². The summed E-state index contributed by atoms with van der Waals surface area (Å²) in [4.78, 5) is 14.3. The van der Waals surface area contributed by atoms with Gasteiger partial charge in [0.2, 0.25) is 0 Å². The van der Waals surface area contributed by atoms with Gasteiger partial charge in [-0.1, -0.05) is 56.5 Å². The molecule has 4 rings (SSSR count). The van der Waals surface area contributed by atoms with Gasteiger partial charge in [-0.2, -0.15) is 0 Å². The van der Waals surface area contributed by atoms with Crippen LogP contribution in [0.15, 0.2) is 30.6 Å². The van der Waals surface area contributed by atoms with Crippen LogP contribution >= 0.6 is 11.6 Å². The highest BCUT2D eigenvalue weighted by Gasteiger charge is 2.24. The minimum absolute atomic E-state index is 0.274. The van der Waals surface area contributed by atoms with Gasteiger partial charge >= 0.3 is 0 Å². The van der Waals surface area contributed by atoms with E-state index in [2.05, 4.69) is 24.1 Å². The predicted molar refractivity (Wildman–Crippen MR) is 105 cm³/mol. The third-order valence-electron chi connectivity index (χ3n) is 4.99. The standard InChI is InChI=1S/C20H24ClN5/c1-13(2)18-24-17-19(23-15-8-4-5-9-15)22-12-26(20(17)25-18)11-14-7-3-6-10-16(14)21/h3,6-7,10,12-13,15,23H,4-5,8-9,11H2,1-2H3. The first-order chi connectivity index (χ1) is 12.6. The molecule has 5 nitrogen and oxygen atoms in total. The zero-order valence-electron chi connectivity index (χ0n) is 15.2. The minimum Gasteiger partial charge on any atom is -0.365 e. The van der Waals surface area contributed by atoms with Gasteiger partial charge in [0.1, 0.15) is 5.82 Å². The molecule has 0 unspecified atom stereocenters. The Hall–Kier alpha value is -2.14. The van der Waals surface area contributed by atoms with Crippen LogP contribution in [-0.4, -0.2) is 25.6 Å². The second-order valence-electron chi connectivity index (χ2n) is 7.35. The normalized spacial score (nSPS) is 15.2. The Morgan fingerprint density at radius 2 is 1.96 bits per heavy atom. The van der Waals surface area contributed by atoms with Gasteiger partial charge in [-0.05, 0) is 24.5 Å². The van der Waals surface area contributed by atoms with E-state index in [1.807, 2.05) is 35.2 Å². The molecular formula is C20H24ClN5. The molecular weight excluding hydrogens is 346 g/mol. The van der Waals surface area contributed by atoms with Crippen molar-refractivity contribution in [2.75, 3.05) is 5.32 Å². The van der Waals surface area contributed by atoms with E-state index in [0.29, 0.717) is 12.6 Å². The van der Waals surface area contributed by atoms with Gasteiger partial charge in [-0.15, -0.1) is 0 Å². The van der Waals surface area contributed by atoms with Crippen molar-refractivity contribution in [1.82, 2.24) is 19.5 Å². The molecule has 1 fully saturated rings. The Labute approximate surface area is 159 Å². The van der Waals surface area contributed by atoms with E-state index >= 15 is 0 Å². The average molecular weight is 370 g/mol. The van der Waals surface area contributed by atoms with Gasteiger partial charge in [0.25, 0.3) is 0 Å². The third kappa shape index (κ3) is 3.40. The van der Waals surface area contributed by atoms with Crippen LogP contribution < -0.4 is 5.32 Å². The van der Waals surface area contributed by atoms with E-state index in [1.165, 1.54) is 25.7 Å². The van der Waals surface area contributed by atoms with E-state index in [9.17, 15) is 0 Å². The van der Waals surface area contributed by atoms with Crippen molar-refractivity contribution in [2.24, 2.45) is 0 Å². The number of nitrogens with one attached hydrogen (secondary N) is 1. The highest BCUT2D eigenvalue weighted by Crippen LogP contribution is 2.31. The van der Waals surface area contributed by atoms with Gasteiger partial charge in [0.05, 0.1) is 12.9 Å². The van der Waals surface area contributed by atoms with Crippen molar-refractivity contribution < 1.29 is 0 Å². The molecule has 2 aliphatic heterocycles. The van der Waals surface area contributed by atoms with Gasteiger partial charge < -0.3 is 9.88 Å². The second-order valence-corrected chi connectivity index (χ2v) is 7.75. The van der Waals surface area contributed by atoms with E-state index in [0.717, 1.165) is 33.7 Å². The quantitative estimate of drug-likeness (QED) is 0.690. The lowest BCUT2D eigenvalue weighted by Crippen LogP contribution is -2.18. The van der Waals surface area contributed by atoms with Crippen molar-refractivity contribution in [2.45, 2.75) is 58.0 Å². The molecule has 0 spiro atoms. The molecule has 0 aromatic heterocycles. The van der Waals surface area contributed by atoms with Gasteiger partial charge in [0.15, 0.2) is 17.3 Å². The summed E-state index contributed by atoms with van der Waals surface area (Å²) in [6.07, 6.45) is 6.81. The summed E-state index contributed by atoms with van der Waals surface area (Å²) in [5, 5.41) is 4.34. The fourth-order valence-electron chi connectivity index (χ4n) is 3.51. The zero-order chi connectivity index (χ0) is 18.1. The number of anilines is 1. The molecule has 0 atom stereocenters. The highest BCUT2D eigenvalue weighted by atomic mass is 35.5. The summed E-state index contributed by atoms with van der Waals surface area (Å²) in [6, 6.07) is 8.38. The van der Waals surface area contributed by atoms with Crippen LogP contribution in [0.2, 0.25) is 5.02 Å². The maximum absolute atomic E-state index is 6.34. The topological polar surface area (TPSA) is 55.6 Å². The van der Waals surface area contributed by atoms with Crippen molar-refractivity contribution in [3.05, 3.63) is 47.0 Å². The summed E-state index contributed by atoms with van der Waals surface area (Å²) in [6.45, 7) is 4.86. The average Bonchev–Trinajstić information content (AvgIpc) is 3.28. The number of halogens is 1. The zero-order valence-corrected chi connectivity index (χ0v) is 16.0. The Morgan fingerprint density at radius 1 is 1.19 bits per heavy atom. The SMILES string of the molecule is CC(C)c1nc2c(NC3CCCC3)ncn(Cc3ccccc3Cl)c-2n1. The fraction of sp³-hybridized carbons (Fsp3) is 0.450. The van der Waals surface area contributed by atoms with Crippen molar-refractivity contribution in [3.63, 3.8) is 0 Å². The number of aromatic nitrogens is 4. The largest absolute Gasteiger partial charge is 0.365 e. The lowest BCUT2D eigenvalue weighted by atomic mass is 10.2. The first-order valence-corrected chi connectivity index (χ1v) is 9.72. The summed E-state index contributed by atoms with van der Waals surface area (Å²) < 4.78 is 2.04. The lowest BCUT2D eigenvalue weighted by Gasteiger charge is -2.17. The van der Waals surface area contributed by atoms with Gasteiger partial charge in [0, 0.05) is 17.0 Å². The first kappa shape index (κ1) is 17.3. The van der Waals surface area contributed by atoms with Crippen LogP contribution in [0, 0.1) is 0 Å². The summed E-state index contributed by atoms with van der Waals surface area (Å²) >= 11 is 6.34. The first-order valence-electron chi connectivity index (χ1n) is 9.34. The molecule has 6 heteroatoms. The van der Waals surface area contributed by atoms with Crippen LogP contribution in [0.3, 0.4) is 0 Å². The third-order valence-corrected chi connectivity index (χ3v) is 5.36. The Balaban J connectivity index is 1.72. The molecule has 136 valence electrons. The molecule has 0 amide bonds. The number of fused-ring (bicyclic) bond motifs is 1. The Bertz CT molecular complexity index is 867. The molecule has 1 N–H and O–H groups in total. The van der Waals surface area contributed by atoms with Crippen LogP contribution in [0.1, 0.15) is 56.8 Å². The molecule has 26 heavy (non-hydrogen) atoms. The molecule has 1 saturated carbocycles. The van der Waals surface area contributed by atoms with Gasteiger partial charge in [-0.25, -0.2) is 15.0 Å². The van der Waals surface area contributed by atoms with Crippen molar-refractivity contribution in [1.29, 1.82) is 0 Å². The molecule has 1 aromatic rings. The Morgan fingerprint density at radius 3 is 2.69 bits per heavy atom. The fourth-order valence-corrected chi connectivity index (χ4v) is 3.70. The molecule has 0 bridgehead atoms. The molecule has 1 aromatic carbocycles. The number of imidazole rings is 1. The van der Waals surface area contributed by atoms with Crippen LogP contribution in [0.4, 0.5) is 5.82 Å². The minimum atomic E-state index is 0.274. The van der Waals surface area contributed by atoms with Crippen LogP contribution in [0.5, 0.6) is 0 Å². The number of hydrogen-bond donors (Lipinski definition) is 1. The maximum Gasteiger partial charge on any atom is 0.166 e. The number of benzene rings is 1. The van der Waals surface area contributed by atoms with Crippen LogP contribution in [-0.2, 0) is 6.54 Å². The highest BCUT2D eigenvalue weighted by molar-refractivity contribution is 6.31. The van der Waals surface area contributed by atoms with Crippen molar-refractivity contribution in [3.8, 4) is 11.5 Å². The van der Waals surface area contributed by atoms with Crippen LogP contribution in [0.25, 0.3) is 11.5 Å². The van der Waals surface area contributed by atoms with E-state index < -0.39 is 0 Å². The monoisotopic (exact) mass is 369 g/mol. The van der Waals surface area contributed by atoms with E-state index in [-0.39, 0.29) is 5.92 Å². The summed E-state index contributed by atoms with van der Waals surface area (Å²) in [5.41, 5.74) is 1.91. The number of rotatable bonds is 5. The molecule has 0 saturated heterocycles. The number of hydrogen-bond acceptors (Lipinski definition) is 4. The second kappa shape index (κ2) is 7.23. The summed E-state index contributed by atoms with van der Waals surface area (Å²) in [7, 11) is 0. The molecule has 1 aliphatic carbocycles. The lowest BCUT2D eigenvalue weighted by molar-refractivity contribution is 0.731. The molecule has 0 radical (unpaired) electrons. The maximum atomic E-state index is 6.34. The smallest absolute Gasteiger partial charge is 0.166 e. The molecule has 2 heterocycles. The van der Waals surface area contributed by atoms with Gasteiger partial charge in [-0.3, -0.25) is 0 Å².